The molecule has 0 aliphatic carbocycles. The largest absolute Gasteiger partial charge is 0.454 e. The zero-order valence-electron chi connectivity index (χ0n) is 10.3. The van der Waals surface area contributed by atoms with Crippen LogP contribution < -0.4 is 20.3 Å². The Hall–Kier alpha value is -2.71. The van der Waals surface area contributed by atoms with Crippen molar-refractivity contribution in [3.05, 3.63) is 40.3 Å². The Balaban J connectivity index is 1.86. The molecule has 2 heterocycles. The van der Waals surface area contributed by atoms with Gasteiger partial charge in [0.1, 0.15) is 5.56 Å². The van der Waals surface area contributed by atoms with Crippen LogP contribution in [0.4, 0.5) is 24.8 Å². The highest BCUT2D eigenvalue weighted by Crippen LogP contribution is 2.34. The van der Waals surface area contributed by atoms with Gasteiger partial charge in [-0.3, -0.25) is 9.78 Å². The summed E-state index contributed by atoms with van der Waals surface area (Å²) < 4.78 is 47.6. The van der Waals surface area contributed by atoms with E-state index in [0.29, 0.717) is 23.4 Å². The van der Waals surface area contributed by atoms with E-state index in [1.165, 1.54) is 0 Å². The highest BCUT2D eigenvalue weighted by molar-refractivity contribution is 5.60. The molecule has 2 aromatic rings. The van der Waals surface area contributed by atoms with E-state index in [1.807, 2.05) is 4.98 Å². The van der Waals surface area contributed by atoms with Crippen LogP contribution in [0.3, 0.4) is 0 Å². The van der Waals surface area contributed by atoms with E-state index < -0.39 is 17.3 Å². The third kappa shape index (κ3) is 2.62. The van der Waals surface area contributed by atoms with Gasteiger partial charge in [-0.1, -0.05) is 0 Å². The van der Waals surface area contributed by atoms with Gasteiger partial charge in [0.05, 0.1) is 0 Å². The molecule has 1 aromatic heterocycles. The van der Waals surface area contributed by atoms with Crippen LogP contribution in [0.1, 0.15) is 5.56 Å². The molecule has 0 saturated carbocycles. The average Bonchev–Trinajstić information content (AvgIpc) is 2.84. The topological polar surface area (TPSA) is 76.2 Å². The lowest BCUT2D eigenvalue weighted by atomic mass is 10.3. The summed E-state index contributed by atoms with van der Waals surface area (Å²) in [5.74, 6) is 0.954. The second-order valence-corrected chi connectivity index (χ2v) is 4.17. The summed E-state index contributed by atoms with van der Waals surface area (Å²) in [4.78, 5) is 16.9. The number of nitrogens with zero attached hydrogens (tertiary/aromatic N) is 1. The number of hydrogen-bond acceptors (Lipinski definition) is 5. The number of aromatic amines is 1. The Kier molecular flexibility index (Phi) is 2.96. The summed E-state index contributed by atoms with van der Waals surface area (Å²) in [5.41, 5.74) is -2.12. The van der Waals surface area contributed by atoms with E-state index in [4.69, 9.17) is 9.47 Å². The first-order chi connectivity index (χ1) is 9.93. The summed E-state index contributed by atoms with van der Waals surface area (Å²) in [6.07, 6.45) is -4.26. The Morgan fingerprint density at radius 3 is 2.71 bits per heavy atom. The molecule has 3 rings (SSSR count). The Bertz CT molecular complexity index is 743. The summed E-state index contributed by atoms with van der Waals surface area (Å²) >= 11 is 0. The molecule has 0 fully saturated rings. The van der Waals surface area contributed by atoms with E-state index in [2.05, 4.69) is 10.3 Å². The fraction of sp³-hybridized carbons (Fsp3) is 0.167. The number of anilines is 2. The van der Waals surface area contributed by atoms with Crippen LogP contribution in [-0.2, 0) is 6.18 Å². The second-order valence-electron chi connectivity index (χ2n) is 4.17. The van der Waals surface area contributed by atoms with Crippen LogP contribution in [0.15, 0.2) is 29.2 Å². The lowest BCUT2D eigenvalue weighted by molar-refractivity contribution is -0.138. The molecule has 9 heteroatoms. The second kappa shape index (κ2) is 4.69. The first-order valence-corrected chi connectivity index (χ1v) is 5.77. The number of alkyl halides is 3. The van der Waals surface area contributed by atoms with Crippen LogP contribution in [0.25, 0.3) is 0 Å². The van der Waals surface area contributed by atoms with Gasteiger partial charge in [-0.2, -0.15) is 13.2 Å². The van der Waals surface area contributed by atoms with Gasteiger partial charge in [-0.25, -0.2) is 4.98 Å². The molecule has 21 heavy (non-hydrogen) atoms. The Labute approximate surface area is 115 Å². The molecule has 1 aliphatic rings. The molecule has 0 radical (unpaired) electrons. The van der Waals surface area contributed by atoms with Crippen LogP contribution in [0, 0.1) is 0 Å². The van der Waals surface area contributed by atoms with E-state index in [1.54, 1.807) is 18.2 Å². The minimum Gasteiger partial charge on any atom is -0.454 e. The number of benzene rings is 1. The van der Waals surface area contributed by atoms with Gasteiger partial charge in [0.15, 0.2) is 11.5 Å². The number of hydrogen-bond donors (Lipinski definition) is 2. The maximum Gasteiger partial charge on any atom is 0.423 e. The molecule has 0 saturated heterocycles. The van der Waals surface area contributed by atoms with Gasteiger partial charge in [0.2, 0.25) is 12.7 Å². The molecular formula is C12H8F3N3O3. The van der Waals surface area contributed by atoms with E-state index >= 15 is 0 Å². The summed E-state index contributed by atoms with van der Waals surface area (Å²) in [6, 6.07) is 4.83. The zero-order valence-corrected chi connectivity index (χ0v) is 10.3. The third-order valence-electron chi connectivity index (χ3n) is 2.74. The number of halogens is 3. The first-order valence-electron chi connectivity index (χ1n) is 5.77. The normalized spacial score (nSPS) is 13.3. The molecule has 0 amide bonds. The van der Waals surface area contributed by atoms with Crippen molar-refractivity contribution in [2.45, 2.75) is 6.18 Å². The zero-order chi connectivity index (χ0) is 15.0. The first kappa shape index (κ1) is 13.3. The molecule has 0 atom stereocenters. The molecule has 1 aromatic carbocycles. The number of rotatable bonds is 2. The van der Waals surface area contributed by atoms with Gasteiger partial charge < -0.3 is 14.8 Å². The fourth-order valence-electron chi connectivity index (χ4n) is 1.77. The number of ether oxygens (including phenoxy) is 2. The minimum absolute atomic E-state index is 0.105. The Morgan fingerprint density at radius 2 is 2.00 bits per heavy atom. The monoisotopic (exact) mass is 299 g/mol. The van der Waals surface area contributed by atoms with Crippen LogP contribution in [0.2, 0.25) is 0 Å². The van der Waals surface area contributed by atoms with Gasteiger partial charge in [0, 0.05) is 18.0 Å². The van der Waals surface area contributed by atoms with Crippen molar-refractivity contribution in [1.82, 2.24) is 9.97 Å². The van der Waals surface area contributed by atoms with Crippen molar-refractivity contribution in [2.24, 2.45) is 0 Å². The maximum atomic E-state index is 12.4. The lowest BCUT2D eigenvalue weighted by Crippen LogP contribution is -2.22. The SMILES string of the molecule is O=c1[nH]c(Nc2ccc3c(c2)OCO3)ncc1C(F)(F)F. The predicted molar refractivity (Wildman–Crippen MR) is 65.7 cm³/mol. The van der Waals surface area contributed by atoms with Crippen molar-refractivity contribution in [3.63, 3.8) is 0 Å². The van der Waals surface area contributed by atoms with E-state index in [-0.39, 0.29) is 12.7 Å². The third-order valence-corrected chi connectivity index (χ3v) is 2.74. The highest BCUT2D eigenvalue weighted by Gasteiger charge is 2.34. The van der Waals surface area contributed by atoms with Crippen molar-refractivity contribution >= 4 is 11.6 Å². The molecule has 0 bridgehead atoms. The van der Waals surface area contributed by atoms with Crippen molar-refractivity contribution in [3.8, 4) is 11.5 Å². The molecular weight excluding hydrogens is 291 g/mol. The molecule has 6 nitrogen and oxygen atoms in total. The molecule has 0 spiro atoms. The van der Waals surface area contributed by atoms with Gasteiger partial charge in [-0.15, -0.1) is 0 Å². The van der Waals surface area contributed by atoms with Gasteiger partial charge in [0.25, 0.3) is 5.56 Å². The average molecular weight is 299 g/mol. The molecule has 2 N–H and O–H groups in total. The molecule has 0 unspecified atom stereocenters. The number of H-pyrrole nitrogens is 1. The number of fused-ring (bicyclic) bond motifs is 1. The Morgan fingerprint density at radius 1 is 1.24 bits per heavy atom. The van der Waals surface area contributed by atoms with E-state index in [9.17, 15) is 18.0 Å². The van der Waals surface area contributed by atoms with Crippen LogP contribution in [-0.4, -0.2) is 16.8 Å². The van der Waals surface area contributed by atoms with Crippen LogP contribution >= 0.6 is 0 Å². The van der Waals surface area contributed by atoms with Crippen molar-refractivity contribution in [1.29, 1.82) is 0 Å². The highest BCUT2D eigenvalue weighted by atomic mass is 19.4. The predicted octanol–water partition coefficient (Wildman–Crippen LogP) is 2.26. The fourth-order valence-corrected chi connectivity index (χ4v) is 1.77. The van der Waals surface area contributed by atoms with Crippen LogP contribution in [0.5, 0.6) is 11.5 Å². The standard InChI is InChI=1S/C12H8F3N3O3/c13-12(14,15)7-4-16-11(18-10(7)19)17-6-1-2-8-9(3-6)21-5-20-8/h1-4H,5H2,(H2,16,17,18,19). The number of nitrogens with one attached hydrogen (secondary N) is 2. The van der Waals surface area contributed by atoms with Crippen molar-refractivity contribution in [2.75, 3.05) is 12.1 Å². The number of aromatic nitrogens is 2. The van der Waals surface area contributed by atoms with Gasteiger partial charge in [-0.05, 0) is 12.1 Å². The smallest absolute Gasteiger partial charge is 0.423 e. The minimum atomic E-state index is -4.74. The summed E-state index contributed by atoms with van der Waals surface area (Å²) in [7, 11) is 0. The molecule has 110 valence electrons. The quantitative estimate of drug-likeness (QED) is 0.889. The maximum absolute atomic E-state index is 12.4. The van der Waals surface area contributed by atoms with E-state index in [0.717, 1.165) is 0 Å². The van der Waals surface area contributed by atoms with Crippen molar-refractivity contribution < 1.29 is 22.6 Å². The van der Waals surface area contributed by atoms with Gasteiger partial charge >= 0.3 is 6.18 Å². The summed E-state index contributed by atoms with van der Waals surface area (Å²) in [6.45, 7) is 0.105. The summed E-state index contributed by atoms with van der Waals surface area (Å²) in [5, 5.41) is 2.68. The lowest BCUT2D eigenvalue weighted by Gasteiger charge is -2.08. The molecule has 1 aliphatic heterocycles.